The maximum atomic E-state index is 12.4. The van der Waals surface area contributed by atoms with Crippen molar-refractivity contribution in [1.82, 2.24) is 4.90 Å². The smallest absolute Gasteiger partial charge is 0.261 e. The van der Waals surface area contributed by atoms with Gasteiger partial charge in [-0.1, -0.05) is 12.1 Å². The van der Waals surface area contributed by atoms with Crippen molar-refractivity contribution in [2.24, 2.45) is 0 Å². The minimum absolute atomic E-state index is 0.0581. The van der Waals surface area contributed by atoms with Crippen LogP contribution in [-0.2, 0) is 0 Å². The van der Waals surface area contributed by atoms with Gasteiger partial charge in [-0.25, -0.2) is 0 Å². The number of nitrogens with zero attached hydrogens (tertiary/aromatic N) is 1. The molecule has 0 aromatic heterocycles. The van der Waals surface area contributed by atoms with Crippen molar-refractivity contribution in [1.29, 1.82) is 0 Å². The summed E-state index contributed by atoms with van der Waals surface area (Å²) in [7, 11) is 1.37. The molecule has 126 valence electrons. The maximum absolute atomic E-state index is 12.4. The van der Waals surface area contributed by atoms with Gasteiger partial charge in [0, 0.05) is 18.3 Å². The van der Waals surface area contributed by atoms with Crippen molar-refractivity contribution in [2.45, 2.75) is 6.92 Å². The molecule has 0 bridgehead atoms. The van der Waals surface area contributed by atoms with Crippen LogP contribution < -0.4 is 10.4 Å². The molecule has 0 unspecified atom stereocenters. The highest BCUT2D eigenvalue weighted by Gasteiger charge is 2.33. The number of aryl methyl sites for hydroxylation is 1. The number of hydrogen-bond donors (Lipinski definition) is 1. The molecule has 1 heterocycles. The van der Waals surface area contributed by atoms with Gasteiger partial charge in [-0.05, 0) is 42.3 Å². The summed E-state index contributed by atoms with van der Waals surface area (Å²) in [6, 6.07) is 8.47. The summed E-state index contributed by atoms with van der Waals surface area (Å²) < 4.78 is 0. The lowest BCUT2D eigenvalue weighted by atomic mass is 10.0. The summed E-state index contributed by atoms with van der Waals surface area (Å²) >= 11 is 0. The van der Waals surface area contributed by atoms with Crippen molar-refractivity contribution in [3.63, 3.8) is 0 Å². The molecular formula is C18H13N2O5-. The van der Waals surface area contributed by atoms with E-state index < -0.39 is 23.7 Å². The third-order valence-corrected chi connectivity index (χ3v) is 4.07. The first-order valence-corrected chi connectivity index (χ1v) is 7.39. The summed E-state index contributed by atoms with van der Waals surface area (Å²) in [5.74, 6) is -2.74. The topological polar surface area (TPSA) is 107 Å². The second-order valence-electron chi connectivity index (χ2n) is 5.70. The van der Waals surface area contributed by atoms with Gasteiger partial charge in [0.15, 0.2) is 0 Å². The molecule has 2 aromatic rings. The normalized spacial score (nSPS) is 13.0. The average Bonchev–Trinajstić information content (AvgIpc) is 2.80. The monoisotopic (exact) mass is 337 g/mol. The minimum atomic E-state index is -1.35. The summed E-state index contributed by atoms with van der Waals surface area (Å²) in [6.45, 7) is 1.72. The number of amides is 3. The van der Waals surface area contributed by atoms with Crippen LogP contribution in [0, 0.1) is 6.92 Å². The van der Waals surface area contributed by atoms with Crippen LogP contribution in [0.15, 0.2) is 36.4 Å². The quantitative estimate of drug-likeness (QED) is 0.835. The van der Waals surface area contributed by atoms with Crippen molar-refractivity contribution >= 4 is 29.4 Å². The number of imide groups is 1. The highest BCUT2D eigenvalue weighted by Crippen LogP contribution is 2.24. The van der Waals surface area contributed by atoms with Gasteiger partial charge in [0.25, 0.3) is 17.7 Å². The van der Waals surface area contributed by atoms with Crippen LogP contribution in [0.25, 0.3) is 0 Å². The number of carboxylic acids is 1. The zero-order valence-corrected chi connectivity index (χ0v) is 13.5. The van der Waals surface area contributed by atoms with Crippen LogP contribution in [0.3, 0.4) is 0 Å². The van der Waals surface area contributed by atoms with E-state index in [0.717, 1.165) is 4.90 Å². The molecule has 25 heavy (non-hydrogen) atoms. The van der Waals surface area contributed by atoms with E-state index in [1.54, 1.807) is 13.0 Å². The minimum Gasteiger partial charge on any atom is -0.545 e. The van der Waals surface area contributed by atoms with E-state index in [-0.39, 0.29) is 22.3 Å². The number of aromatic carboxylic acids is 1. The lowest BCUT2D eigenvalue weighted by Gasteiger charge is -2.11. The lowest BCUT2D eigenvalue weighted by molar-refractivity contribution is -0.255. The molecule has 0 fully saturated rings. The van der Waals surface area contributed by atoms with Gasteiger partial charge < -0.3 is 15.2 Å². The molecule has 3 rings (SSSR count). The fourth-order valence-corrected chi connectivity index (χ4v) is 2.58. The Morgan fingerprint density at radius 3 is 2.28 bits per heavy atom. The first kappa shape index (κ1) is 16.4. The molecule has 0 radical (unpaired) electrons. The number of carbonyl (C=O) groups is 4. The molecule has 7 nitrogen and oxygen atoms in total. The Balaban J connectivity index is 1.91. The predicted octanol–water partition coefficient (Wildman–Crippen LogP) is 0.837. The van der Waals surface area contributed by atoms with Gasteiger partial charge in [0.2, 0.25) is 0 Å². The van der Waals surface area contributed by atoms with E-state index in [1.165, 1.54) is 37.4 Å². The number of carbonyl (C=O) groups excluding carboxylic acids is 4. The second-order valence-corrected chi connectivity index (χ2v) is 5.70. The Labute approximate surface area is 142 Å². The summed E-state index contributed by atoms with van der Waals surface area (Å²) in [4.78, 5) is 48.3. The number of carboxylic acid groups (broad SMARTS) is 1. The highest BCUT2D eigenvalue weighted by atomic mass is 16.4. The third kappa shape index (κ3) is 2.76. The van der Waals surface area contributed by atoms with E-state index in [2.05, 4.69) is 5.32 Å². The SMILES string of the molecule is Cc1ccc(C(=O)[O-])cc1NC(=O)c1ccc2c(c1)C(=O)N(C)C2=O. The van der Waals surface area contributed by atoms with E-state index in [1.807, 2.05) is 0 Å². The van der Waals surface area contributed by atoms with Crippen molar-refractivity contribution < 1.29 is 24.3 Å². The molecule has 0 atom stereocenters. The molecule has 1 aliphatic heterocycles. The van der Waals surface area contributed by atoms with Gasteiger partial charge in [0.1, 0.15) is 0 Å². The van der Waals surface area contributed by atoms with Crippen molar-refractivity contribution in [3.8, 4) is 0 Å². The molecule has 0 saturated heterocycles. The van der Waals surface area contributed by atoms with E-state index in [9.17, 15) is 24.3 Å². The first-order valence-electron chi connectivity index (χ1n) is 7.39. The zero-order chi connectivity index (χ0) is 18.3. The molecule has 1 aliphatic rings. The molecular weight excluding hydrogens is 324 g/mol. The van der Waals surface area contributed by atoms with Crippen molar-refractivity contribution in [2.75, 3.05) is 12.4 Å². The third-order valence-electron chi connectivity index (χ3n) is 4.07. The van der Waals surface area contributed by atoms with Crippen LogP contribution in [0.5, 0.6) is 0 Å². The molecule has 3 amide bonds. The number of fused-ring (bicyclic) bond motifs is 1. The standard InChI is InChI=1S/C18H14N2O5/c1-9-3-4-11(18(24)25)8-14(9)19-15(21)10-5-6-12-13(7-10)17(23)20(2)16(12)22/h3-8H,1-2H3,(H,19,21)(H,24,25)/p-1. The number of rotatable bonds is 3. The summed E-state index contributed by atoms with van der Waals surface area (Å²) in [5.41, 5.74) is 1.54. The highest BCUT2D eigenvalue weighted by molar-refractivity contribution is 6.22. The molecule has 0 saturated carbocycles. The van der Waals surface area contributed by atoms with Crippen LogP contribution in [-0.4, -0.2) is 35.6 Å². The van der Waals surface area contributed by atoms with Crippen molar-refractivity contribution in [3.05, 3.63) is 64.2 Å². The number of hydrogen-bond acceptors (Lipinski definition) is 5. The Morgan fingerprint density at radius 1 is 0.960 bits per heavy atom. The van der Waals surface area contributed by atoms with Gasteiger partial charge in [-0.2, -0.15) is 0 Å². The zero-order valence-electron chi connectivity index (χ0n) is 13.5. The number of nitrogens with one attached hydrogen (secondary N) is 1. The summed E-state index contributed by atoms with van der Waals surface area (Å²) in [6.07, 6.45) is 0. The van der Waals surface area contributed by atoms with E-state index in [4.69, 9.17) is 0 Å². The van der Waals surface area contributed by atoms with E-state index >= 15 is 0 Å². The average molecular weight is 337 g/mol. The maximum Gasteiger partial charge on any atom is 0.261 e. The van der Waals surface area contributed by atoms with Gasteiger partial charge in [-0.15, -0.1) is 0 Å². The Hall–Kier alpha value is -3.48. The largest absolute Gasteiger partial charge is 0.545 e. The van der Waals surface area contributed by atoms with Crippen LogP contribution in [0.2, 0.25) is 0 Å². The molecule has 2 aromatic carbocycles. The molecule has 1 N–H and O–H groups in total. The Bertz CT molecular complexity index is 948. The number of anilines is 1. The van der Waals surface area contributed by atoms with Crippen LogP contribution >= 0.6 is 0 Å². The fourth-order valence-electron chi connectivity index (χ4n) is 2.58. The van der Waals surface area contributed by atoms with Gasteiger partial charge >= 0.3 is 0 Å². The molecule has 7 heteroatoms. The predicted molar refractivity (Wildman–Crippen MR) is 86.3 cm³/mol. The Morgan fingerprint density at radius 2 is 1.60 bits per heavy atom. The van der Waals surface area contributed by atoms with E-state index in [0.29, 0.717) is 11.3 Å². The summed E-state index contributed by atoms with van der Waals surface area (Å²) in [5, 5.41) is 13.6. The first-order chi connectivity index (χ1) is 11.8. The molecule has 0 spiro atoms. The van der Waals surface area contributed by atoms with Crippen LogP contribution in [0.1, 0.15) is 47.0 Å². The van der Waals surface area contributed by atoms with Gasteiger partial charge in [-0.3, -0.25) is 19.3 Å². The van der Waals surface area contributed by atoms with Gasteiger partial charge in [0.05, 0.1) is 17.1 Å². The molecule has 0 aliphatic carbocycles. The Kier molecular flexibility index (Phi) is 3.84. The fraction of sp³-hybridized carbons (Fsp3) is 0.111. The lowest BCUT2D eigenvalue weighted by Crippen LogP contribution is -2.24. The second kappa shape index (κ2) is 5.86. The number of benzene rings is 2. The van der Waals surface area contributed by atoms with Crippen LogP contribution in [0.4, 0.5) is 5.69 Å².